The number of H-pyrrole nitrogens is 4. The van der Waals surface area contributed by atoms with Crippen LogP contribution in [0.1, 0.15) is 54.9 Å². The Morgan fingerprint density at radius 3 is 1.45 bits per heavy atom. The Hall–Kier alpha value is -3.76. The number of rotatable bonds is 18. The van der Waals surface area contributed by atoms with Gasteiger partial charge >= 0.3 is 0 Å². The standard InChI is InChI=1S/C38H52N4O5/c1-6-7-8-9-16-47-37-25-32-28(14-19-45-4)23-34(41-32)33-21-26(12-17-43-2)30(39-33)10-11-31-27(13-18-44-3)22-35(40-31)36-24-29(15-20-46-5)38(37)42-36/h10-11,21-25,39-42H,6-9,12-20H2,1-5H3. The Kier molecular flexibility index (Phi) is 12.8. The summed E-state index contributed by atoms with van der Waals surface area (Å²) in [4.78, 5) is 14.9. The van der Waals surface area contributed by atoms with Gasteiger partial charge in [0.2, 0.25) is 0 Å². The molecule has 0 saturated heterocycles. The van der Waals surface area contributed by atoms with Crippen LogP contribution in [0.25, 0.3) is 24.0 Å². The van der Waals surface area contributed by atoms with E-state index in [2.05, 4.69) is 69.4 Å². The quantitative estimate of drug-likeness (QED) is 0.125. The van der Waals surface area contributed by atoms with Crippen LogP contribution >= 0.6 is 0 Å². The van der Waals surface area contributed by atoms with Crippen molar-refractivity contribution in [3.8, 4) is 0 Å². The Morgan fingerprint density at radius 1 is 0.489 bits per heavy atom. The van der Waals surface area contributed by atoms with Gasteiger partial charge in [-0.25, -0.2) is 0 Å². The van der Waals surface area contributed by atoms with E-state index < -0.39 is 0 Å². The van der Waals surface area contributed by atoms with E-state index in [1.165, 1.54) is 29.5 Å². The first kappa shape index (κ1) is 34.6. The SMILES string of the molecule is CCCCCCOC1=c2[nH]c(cc2CCOC)=c2cc(CCOC)c([nH]2)=CC=c2[nH]c(cc2CCOC)=c2cc(CCOC)c([nH]2)=C1. The maximum absolute atomic E-state index is 6.66. The van der Waals surface area contributed by atoms with Gasteiger partial charge in [0.1, 0.15) is 5.76 Å². The minimum atomic E-state index is 0.609. The number of hydrogen-bond donors (Lipinski definition) is 4. The first-order valence-corrected chi connectivity index (χ1v) is 16.9. The second kappa shape index (κ2) is 17.4. The first-order chi connectivity index (χ1) is 23.1. The third kappa shape index (κ3) is 8.78. The molecule has 5 heterocycles. The molecule has 0 fully saturated rings. The molecule has 0 saturated carbocycles. The van der Waals surface area contributed by atoms with Crippen LogP contribution < -0.4 is 21.4 Å². The highest BCUT2D eigenvalue weighted by molar-refractivity contribution is 5.70. The maximum Gasteiger partial charge on any atom is 0.145 e. The number of ether oxygens (including phenoxy) is 5. The van der Waals surface area contributed by atoms with Gasteiger partial charge in [0.15, 0.2) is 0 Å². The van der Waals surface area contributed by atoms with Crippen molar-refractivity contribution in [2.45, 2.75) is 58.3 Å². The molecular formula is C38H52N4O5. The zero-order valence-electron chi connectivity index (χ0n) is 28.8. The van der Waals surface area contributed by atoms with Crippen molar-refractivity contribution in [1.82, 2.24) is 19.9 Å². The summed E-state index contributed by atoms with van der Waals surface area (Å²) in [5, 5.41) is 8.17. The molecule has 0 amide bonds. The fourth-order valence-corrected chi connectivity index (χ4v) is 6.12. The van der Waals surface area contributed by atoms with Crippen LogP contribution in [0.15, 0.2) is 24.3 Å². The number of aromatic amines is 4. The molecule has 4 N–H and O–H groups in total. The summed E-state index contributed by atoms with van der Waals surface area (Å²) in [6.07, 6.45) is 14.1. The zero-order valence-corrected chi connectivity index (χ0v) is 28.8. The smallest absolute Gasteiger partial charge is 0.145 e. The molecule has 9 heteroatoms. The number of hydrogen-bond acceptors (Lipinski definition) is 5. The van der Waals surface area contributed by atoms with Crippen molar-refractivity contribution in [2.24, 2.45) is 0 Å². The molecule has 1 aliphatic rings. The Morgan fingerprint density at radius 2 is 0.936 bits per heavy atom. The van der Waals surface area contributed by atoms with Crippen LogP contribution in [0.3, 0.4) is 0 Å². The fourth-order valence-electron chi connectivity index (χ4n) is 6.12. The van der Waals surface area contributed by atoms with E-state index in [4.69, 9.17) is 23.7 Å². The number of aromatic nitrogens is 4. The minimum absolute atomic E-state index is 0.609. The van der Waals surface area contributed by atoms with E-state index >= 15 is 0 Å². The Labute approximate surface area is 276 Å². The van der Waals surface area contributed by atoms with Crippen LogP contribution in [0.2, 0.25) is 0 Å². The molecule has 0 aromatic carbocycles. The second-order valence-corrected chi connectivity index (χ2v) is 12.2. The summed E-state index contributed by atoms with van der Waals surface area (Å²) >= 11 is 0. The van der Waals surface area contributed by atoms with Gasteiger partial charge in [0.25, 0.3) is 0 Å². The summed E-state index contributed by atoms with van der Waals surface area (Å²) in [6, 6.07) is 8.92. The highest BCUT2D eigenvalue weighted by Gasteiger charge is 2.10. The lowest BCUT2D eigenvalue weighted by atomic mass is 10.1. The molecule has 9 nitrogen and oxygen atoms in total. The lowest BCUT2D eigenvalue weighted by molar-refractivity contribution is 0.202. The van der Waals surface area contributed by atoms with Crippen molar-refractivity contribution in [2.75, 3.05) is 61.5 Å². The van der Waals surface area contributed by atoms with Gasteiger partial charge in [0.05, 0.1) is 59.8 Å². The van der Waals surface area contributed by atoms with E-state index in [9.17, 15) is 0 Å². The van der Waals surface area contributed by atoms with Crippen molar-refractivity contribution in [1.29, 1.82) is 0 Å². The van der Waals surface area contributed by atoms with Crippen LogP contribution in [0, 0.1) is 21.4 Å². The summed E-state index contributed by atoms with van der Waals surface area (Å²) in [7, 11) is 6.98. The molecule has 4 aromatic heterocycles. The van der Waals surface area contributed by atoms with Crippen LogP contribution in [0.5, 0.6) is 0 Å². The average molecular weight is 645 g/mol. The van der Waals surface area contributed by atoms with Gasteiger partial charge in [-0.3, -0.25) is 0 Å². The van der Waals surface area contributed by atoms with Gasteiger partial charge in [-0.15, -0.1) is 0 Å². The zero-order chi connectivity index (χ0) is 33.0. The second-order valence-electron chi connectivity index (χ2n) is 12.2. The summed E-state index contributed by atoms with van der Waals surface area (Å²) < 4.78 is 28.7. The molecule has 254 valence electrons. The van der Waals surface area contributed by atoms with Gasteiger partial charge in [-0.1, -0.05) is 26.2 Å². The van der Waals surface area contributed by atoms with Crippen LogP contribution in [-0.4, -0.2) is 81.4 Å². The van der Waals surface area contributed by atoms with E-state index in [-0.39, 0.29) is 0 Å². The molecule has 0 unspecified atom stereocenters. The molecule has 4 aromatic rings. The van der Waals surface area contributed by atoms with Gasteiger partial charge in [-0.2, -0.15) is 0 Å². The molecule has 0 atom stereocenters. The van der Waals surface area contributed by atoms with Crippen molar-refractivity contribution in [3.05, 3.63) is 89.3 Å². The van der Waals surface area contributed by atoms with Crippen LogP contribution in [-0.2, 0) is 49.4 Å². The van der Waals surface area contributed by atoms with Crippen molar-refractivity contribution < 1.29 is 23.7 Å². The van der Waals surface area contributed by atoms with Gasteiger partial charge in [-0.05, 0) is 90.8 Å². The number of nitrogens with one attached hydrogen (secondary N) is 4. The predicted molar refractivity (Wildman–Crippen MR) is 186 cm³/mol. The van der Waals surface area contributed by atoms with E-state index in [1.54, 1.807) is 28.4 Å². The molecular weight excluding hydrogens is 592 g/mol. The third-order valence-corrected chi connectivity index (χ3v) is 8.78. The predicted octanol–water partition coefficient (Wildman–Crippen LogP) is 3.09. The molecule has 0 spiro atoms. The number of fused-ring (bicyclic) bond motifs is 8. The average Bonchev–Trinajstić information content (AvgIpc) is 3.87. The minimum Gasteiger partial charge on any atom is -0.491 e. The lowest BCUT2D eigenvalue weighted by Crippen LogP contribution is -2.19. The summed E-state index contributed by atoms with van der Waals surface area (Å²) in [5.41, 5.74) is 4.72. The van der Waals surface area contributed by atoms with E-state index in [0.717, 1.165) is 92.6 Å². The highest BCUT2D eigenvalue weighted by Crippen LogP contribution is 2.09. The van der Waals surface area contributed by atoms with E-state index in [0.29, 0.717) is 33.0 Å². The molecule has 8 bridgehead atoms. The van der Waals surface area contributed by atoms with Gasteiger partial charge < -0.3 is 43.6 Å². The number of unbranched alkanes of at least 4 members (excludes halogenated alkanes) is 3. The normalized spacial score (nSPS) is 12.6. The van der Waals surface area contributed by atoms with Crippen molar-refractivity contribution >= 4 is 24.0 Å². The largest absolute Gasteiger partial charge is 0.491 e. The van der Waals surface area contributed by atoms with E-state index in [1.807, 2.05) is 0 Å². The molecule has 5 rings (SSSR count). The molecule has 47 heavy (non-hydrogen) atoms. The summed E-state index contributed by atoms with van der Waals surface area (Å²) in [5.74, 6) is 0.817. The van der Waals surface area contributed by atoms with Gasteiger partial charge in [0, 0.05) is 50.6 Å². The molecule has 0 aliphatic carbocycles. The monoisotopic (exact) mass is 644 g/mol. The Bertz CT molecular complexity index is 2030. The summed E-state index contributed by atoms with van der Waals surface area (Å²) in [6.45, 7) is 5.38. The fraction of sp³-hybridized carbons (Fsp3) is 0.474. The van der Waals surface area contributed by atoms with Crippen molar-refractivity contribution in [3.63, 3.8) is 0 Å². The highest BCUT2D eigenvalue weighted by atomic mass is 16.5. The topological polar surface area (TPSA) is 109 Å². The maximum atomic E-state index is 6.66. The Balaban J connectivity index is 1.87. The molecule has 1 aliphatic heterocycles. The van der Waals surface area contributed by atoms with Crippen LogP contribution in [0.4, 0.5) is 0 Å². The lowest BCUT2D eigenvalue weighted by Gasteiger charge is -2.08. The first-order valence-electron chi connectivity index (χ1n) is 16.9. The third-order valence-electron chi connectivity index (χ3n) is 8.78. The number of methoxy groups -OCH3 is 4. The molecule has 0 radical (unpaired) electrons.